The van der Waals surface area contributed by atoms with Gasteiger partial charge in [-0.25, -0.2) is 0 Å². The van der Waals surface area contributed by atoms with E-state index in [1.807, 2.05) is 12.1 Å². The van der Waals surface area contributed by atoms with Gasteiger partial charge in [0.05, 0.1) is 6.04 Å². The van der Waals surface area contributed by atoms with Crippen LogP contribution in [0.25, 0.3) is 0 Å². The Labute approximate surface area is 78.0 Å². The highest BCUT2D eigenvalue weighted by Gasteiger charge is 2.26. The molecule has 2 heteroatoms. The molecule has 2 rings (SSSR count). The van der Waals surface area contributed by atoms with E-state index in [-0.39, 0.29) is 11.9 Å². The van der Waals surface area contributed by atoms with Crippen LogP contribution in [0.3, 0.4) is 0 Å². The van der Waals surface area contributed by atoms with Crippen molar-refractivity contribution in [3.8, 4) is 0 Å². The fraction of sp³-hybridized carbons (Fsp3) is 0.364. The minimum absolute atomic E-state index is 0.0712. The smallest absolute Gasteiger partial charge is 0.252 e. The second-order valence-electron chi connectivity index (χ2n) is 3.53. The van der Waals surface area contributed by atoms with Gasteiger partial charge in [0.25, 0.3) is 5.91 Å². The number of hydrogen-bond acceptors (Lipinski definition) is 1. The fourth-order valence-corrected chi connectivity index (χ4v) is 1.81. The van der Waals surface area contributed by atoms with Crippen molar-refractivity contribution in [3.05, 3.63) is 34.9 Å². The van der Waals surface area contributed by atoms with Gasteiger partial charge >= 0.3 is 0 Å². The van der Waals surface area contributed by atoms with Gasteiger partial charge in [0.15, 0.2) is 0 Å². The molecule has 13 heavy (non-hydrogen) atoms. The molecule has 1 aromatic rings. The summed E-state index contributed by atoms with van der Waals surface area (Å²) in [5.41, 5.74) is 3.22. The monoisotopic (exact) mass is 175 g/mol. The van der Waals surface area contributed by atoms with Crippen LogP contribution in [-0.4, -0.2) is 5.91 Å². The van der Waals surface area contributed by atoms with Crippen molar-refractivity contribution in [2.45, 2.75) is 26.3 Å². The van der Waals surface area contributed by atoms with Crippen LogP contribution in [0.2, 0.25) is 0 Å². The molecule has 1 aliphatic heterocycles. The van der Waals surface area contributed by atoms with Gasteiger partial charge in [0, 0.05) is 5.56 Å². The summed E-state index contributed by atoms with van der Waals surface area (Å²) in [5, 5.41) is 2.96. The van der Waals surface area contributed by atoms with Gasteiger partial charge in [-0.05, 0) is 25.0 Å². The Bertz CT molecular complexity index is 357. The van der Waals surface area contributed by atoms with Crippen LogP contribution in [0.1, 0.15) is 40.9 Å². The first kappa shape index (κ1) is 8.30. The Kier molecular flexibility index (Phi) is 1.83. The van der Waals surface area contributed by atoms with Crippen LogP contribution >= 0.6 is 0 Å². The van der Waals surface area contributed by atoms with Gasteiger partial charge in [-0.3, -0.25) is 4.79 Å². The molecule has 2 nitrogen and oxygen atoms in total. The number of carbonyl (C=O) groups is 1. The molecule has 1 N–H and O–H groups in total. The number of carbonyl (C=O) groups excluding carboxylic acids is 1. The second-order valence-corrected chi connectivity index (χ2v) is 3.53. The average molecular weight is 175 g/mol. The lowest BCUT2D eigenvalue weighted by atomic mass is 10.0. The highest BCUT2D eigenvalue weighted by Crippen LogP contribution is 2.27. The Morgan fingerprint density at radius 2 is 2.23 bits per heavy atom. The van der Waals surface area contributed by atoms with Crippen molar-refractivity contribution in [1.29, 1.82) is 0 Å². The van der Waals surface area contributed by atoms with E-state index in [0.29, 0.717) is 0 Å². The van der Waals surface area contributed by atoms with Crippen molar-refractivity contribution in [1.82, 2.24) is 5.32 Å². The zero-order valence-electron chi connectivity index (χ0n) is 7.92. The van der Waals surface area contributed by atoms with Crippen molar-refractivity contribution in [2.75, 3.05) is 0 Å². The number of benzene rings is 1. The Balaban J connectivity index is 2.52. The molecule has 0 aromatic heterocycles. The molecular formula is C11H13NO. The Hall–Kier alpha value is -1.31. The molecule has 0 spiro atoms. The van der Waals surface area contributed by atoms with Crippen LogP contribution < -0.4 is 5.32 Å². The molecule has 68 valence electrons. The van der Waals surface area contributed by atoms with E-state index in [4.69, 9.17) is 0 Å². The first-order valence-corrected chi connectivity index (χ1v) is 4.63. The lowest BCUT2D eigenvalue weighted by Crippen LogP contribution is -2.17. The fourth-order valence-electron chi connectivity index (χ4n) is 1.81. The maximum absolute atomic E-state index is 11.4. The standard InChI is InChI=1S/C11H13NO/c1-3-10-9-6-7(2)4-5-8(9)11(13)12-10/h4-6,10H,3H2,1-2H3,(H,12,13). The topological polar surface area (TPSA) is 29.1 Å². The van der Waals surface area contributed by atoms with E-state index in [1.165, 1.54) is 5.56 Å². The summed E-state index contributed by atoms with van der Waals surface area (Å²) in [7, 11) is 0. The molecule has 1 atom stereocenters. The molecule has 0 saturated heterocycles. The van der Waals surface area contributed by atoms with Crippen LogP contribution in [0.5, 0.6) is 0 Å². The number of nitrogens with one attached hydrogen (secondary N) is 1. The predicted molar refractivity (Wildman–Crippen MR) is 51.7 cm³/mol. The molecule has 1 heterocycles. The van der Waals surface area contributed by atoms with Gasteiger partial charge in [0.1, 0.15) is 0 Å². The predicted octanol–water partition coefficient (Wildman–Crippen LogP) is 2.19. The summed E-state index contributed by atoms with van der Waals surface area (Å²) >= 11 is 0. The normalized spacial score (nSPS) is 19.8. The minimum Gasteiger partial charge on any atom is -0.345 e. The summed E-state index contributed by atoms with van der Waals surface area (Å²) in [6, 6.07) is 6.22. The van der Waals surface area contributed by atoms with E-state index in [2.05, 4.69) is 25.2 Å². The SMILES string of the molecule is CCC1NC(=O)c2ccc(C)cc21. The molecule has 1 aliphatic rings. The maximum atomic E-state index is 11.4. The summed E-state index contributed by atoms with van der Waals surface area (Å²) in [6.45, 7) is 4.14. The molecule has 0 bridgehead atoms. The third kappa shape index (κ3) is 1.22. The number of amides is 1. The number of fused-ring (bicyclic) bond motifs is 1. The molecule has 0 radical (unpaired) electrons. The van der Waals surface area contributed by atoms with Gasteiger partial charge in [-0.2, -0.15) is 0 Å². The first-order chi connectivity index (χ1) is 6.22. The third-order valence-corrected chi connectivity index (χ3v) is 2.54. The molecular weight excluding hydrogens is 162 g/mol. The summed E-state index contributed by atoms with van der Waals surface area (Å²) < 4.78 is 0. The van der Waals surface area contributed by atoms with Crippen LogP contribution in [0.4, 0.5) is 0 Å². The number of hydrogen-bond donors (Lipinski definition) is 1. The highest BCUT2D eigenvalue weighted by molar-refractivity contribution is 5.99. The van der Waals surface area contributed by atoms with Crippen molar-refractivity contribution < 1.29 is 4.79 Å². The van der Waals surface area contributed by atoms with Crippen LogP contribution in [0, 0.1) is 6.92 Å². The largest absolute Gasteiger partial charge is 0.345 e. The average Bonchev–Trinajstić information content (AvgIpc) is 2.42. The lowest BCUT2D eigenvalue weighted by Gasteiger charge is -2.07. The summed E-state index contributed by atoms with van der Waals surface area (Å²) in [5.74, 6) is 0.0712. The quantitative estimate of drug-likeness (QED) is 0.696. The Morgan fingerprint density at radius 3 is 2.92 bits per heavy atom. The van der Waals surface area contributed by atoms with Gasteiger partial charge in [0.2, 0.25) is 0 Å². The van der Waals surface area contributed by atoms with Gasteiger partial charge in [-0.15, -0.1) is 0 Å². The molecule has 0 saturated carbocycles. The molecule has 1 unspecified atom stereocenters. The van der Waals surface area contributed by atoms with Crippen LogP contribution in [-0.2, 0) is 0 Å². The molecule has 0 aliphatic carbocycles. The van der Waals surface area contributed by atoms with Crippen molar-refractivity contribution in [2.24, 2.45) is 0 Å². The van der Waals surface area contributed by atoms with Crippen LogP contribution in [0.15, 0.2) is 18.2 Å². The van der Waals surface area contributed by atoms with Gasteiger partial charge < -0.3 is 5.32 Å². The van der Waals surface area contributed by atoms with E-state index < -0.39 is 0 Å². The van der Waals surface area contributed by atoms with E-state index >= 15 is 0 Å². The third-order valence-electron chi connectivity index (χ3n) is 2.54. The summed E-state index contributed by atoms with van der Waals surface area (Å²) in [4.78, 5) is 11.4. The van der Waals surface area contributed by atoms with E-state index in [1.54, 1.807) is 0 Å². The van der Waals surface area contributed by atoms with E-state index in [0.717, 1.165) is 17.5 Å². The lowest BCUT2D eigenvalue weighted by molar-refractivity contribution is 0.0955. The minimum atomic E-state index is 0.0712. The highest BCUT2D eigenvalue weighted by atomic mass is 16.2. The zero-order chi connectivity index (χ0) is 9.42. The maximum Gasteiger partial charge on any atom is 0.252 e. The first-order valence-electron chi connectivity index (χ1n) is 4.63. The van der Waals surface area contributed by atoms with Crippen molar-refractivity contribution in [3.63, 3.8) is 0 Å². The van der Waals surface area contributed by atoms with Crippen molar-refractivity contribution >= 4 is 5.91 Å². The zero-order valence-corrected chi connectivity index (χ0v) is 7.92. The van der Waals surface area contributed by atoms with E-state index in [9.17, 15) is 4.79 Å². The Morgan fingerprint density at radius 1 is 1.46 bits per heavy atom. The number of aryl methyl sites for hydroxylation is 1. The molecule has 1 aromatic carbocycles. The van der Waals surface area contributed by atoms with Gasteiger partial charge in [-0.1, -0.05) is 24.6 Å². The molecule has 0 fully saturated rings. The second kappa shape index (κ2) is 2.87. The number of rotatable bonds is 1. The summed E-state index contributed by atoms with van der Waals surface area (Å²) in [6.07, 6.45) is 0.961. The molecule has 1 amide bonds.